The Balaban J connectivity index is -0.0000000128. The third-order valence-electron chi connectivity index (χ3n) is 0. The van der Waals surface area contributed by atoms with Crippen molar-refractivity contribution in [2.75, 3.05) is 0 Å². The van der Waals surface area contributed by atoms with E-state index in [4.69, 9.17) is 38.5 Å². The Labute approximate surface area is 130 Å². The standard InChI is InChI=1S/Cu.2H3O4P.2H2O.2Sb/c;2*1-5(2,3)4;;;;/h;2*(H3,1,2,3,4);2*1H2;;/q;;;;;2*+3/p-6. The summed E-state index contributed by atoms with van der Waals surface area (Å²) in [7, 11) is -10.8. The average molecular weight is 533 g/mol. The second kappa shape index (κ2) is 18.7. The van der Waals surface area contributed by atoms with Crippen molar-refractivity contribution in [1.29, 1.82) is 0 Å². The van der Waals surface area contributed by atoms with Crippen molar-refractivity contribution in [3.8, 4) is 0 Å². The Hall–Kier alpha value is 2.30. The van der Waals surface area contributed by atoms with Gasteiger partial charge in [0.2, 0.25) is 0 Å². The second-order valence-electron chi connectivity index (χ2n) is 0.894. The number of hydrogen-bond donors (Lipinski definition) is 0. The summed E-state index contributed by atoms with van der Waals surface area (Å²) in [5.41, 5.74) is 0. The van der Waals surface area contributed by atoms with Crippen LogP contribution >= 0.6 is 15.6 Å². The van der Waals surface area contributed by atoms with Gasteiger partial charge in [-0.15, -0.1) is 0 Å². The van der Waals surface area contributed by atoms with Gasteiger partial charge in [-0.2, -0.15) is 15.6 Å². The molecule has 0 saturated heterocycles. The van der Waals surface area contributed by atoms with Crippen molar-refractivity contribution in [2.45, 2.75) is 0 Å². The minimum atomic E-state index is -5.39. The Morgan fingerprint density at radius 2 is 0.600 bits per heavy atom. The first-order valence-corrected chi connectivity index (χ1v) is 4.38. The van der Waals surface area contributed by atoms with Crippen LogP contribution in [0.1, 0.15) is 0 Å². The normalized spacial score (nSPS) is 7.87. The summed E-state index contributed by atoms with van der Waals surface area (Å²) in [6.45, 7) is 0. The molecule has 0 aromatic heterocycles. The first-order valence-electron chi connectivity index (χ1n) is 1.46. The van der Waals surface area contributed by atoms with Crippen molar-refractivity contribution in [1.82, 2.24) is 0 Å². The van der Waals surface area contributed by atoms with Crippen molar-refractivity contribution in [3.63, 3.8) is 0 Å². The third-order valence-corrected chi connectivity index (χ3v) is 0. The van der Waals surface area contributed by atoms with Crippen LogP contribution in [0.25, 0.3) is 0 Å². The van der Waals surface area contributed by atoms with Gasteiger partial charge in [-0.1, -0.05) is 0 Å². The van der Waals surface area contributed by atoms with Gasteiger partial charge < -0.3 is 49.4 Å². The quantitative estimate of drug-likeness (QED) is 0.214. The molecule has 15 heavy (non-hydrogen) atoms. The van der Waals surface area contributed by atoms with E-state index in [-0.39, 0.29) is 76.9 Å². The van der Waals surface area contributed by atoms with Gasteiger partial charge in [-0.05, 0) is 0 Å². The van der Waals surface area contributed by atoms with Crippen molar-refractivity contribution < 1.29 is 66.5 Å². The van der Waals surface area contributed by atoms with Gasteiger partial charge in [0, 0.05) is 17.1 Å². The number of hydrogen-bond acceptors (Lipinski definition) is 8. The van der Waals surface area contributed by atoms with Crippen LogP contribution in [0.3, 0.4) is 0 Å². The molecule has 0 aromatic rings. The van der Waals surface area contributed by atoms with Crippen LogP contribution < -0.4 is 29.4 Å². The molecule has 5 radical (unpaired) electrons. The minimum absolute atomic E-state index is 0. The minimum Gasteiger partial charge on any atom is -0.822 e. The summed E-state index contributed by atoms with van der Waals surface area (Å²) < 4.78 is 17.1. The molecule has 0 aromatic carbocycles. The summed E-state index contributed by atoms with van der Waals surface area (Å²) in [5.74, 6) is 0. The van der Waals surface area contributed by atoms with Crippen molar-refractivity contribution in [3.05, 3.63) is 0 Å². The smallest absolute Gasteiger partial charge is 0.822 e. The summed E-state index contributed by atoms with van der Waals surface area (Å²) >= 11 is 0. The topological polar surface area (TPSA) is 236 Å². The molecule has 95 valence electrons. The molecule has 0 saturated carbocycles. The van der Waals surface area contributed by atoms with Gasteiger partial charge in [0.25, 0.3) is 0 Å². The number of rotatable bonds is 0. The fourth-order valence-electron chi connectivity index (χ4n) is 0. The largest absolute Gasteiger partial charge is 3.00 e. The molecule has 0 aliphatic carbocycles. The zero-order valence-corrected chi connectivity index (χ0v) is 14.2. The molecule has 15 heteroatoms. The predicted octanol–water partition coefficient (Wildman–Crippen LogP) is -8.06. The van der Waals surface area contributed by atoms with E-state index in [2.05, 4.69) is 0 Å². The zero-order chi connectivity index (χ0) is 9.00. The Morgan fingerprint density at radius 3 is 0.600 bits per heavy atom. The van der Waals surface area contributed by atoms with Crippen LogP contribution in [0, 0.1) is 0 Å². The van der Waals surface area contributed by atoms with Crippen LogP contribution in [-0.4, -0.2) is 59.8 Å². The van der Waals surface area contributed by atoms with Crippen LogP contribution in [0.15, 0.2) is 0 Å². The van der Waals surface area contributed by atoms with Gasteiger partial charge >= 0.3 is 48.9 Å². The molecule has 0 spiro atoms. The van der Waals surface area contributed by atoms with Gasteiger partial charge in [-0.3, -0.25) is 0 Å². The van der Waals surface area contributed by atoms with Crippen molar-refractivity contribution >= 4 is 64.5 Å². The first-order chi connectivity index (χ1) is 4.00. The summed E-state index contributed by atoms with van der Waals surface area (Å²) in [5, 5.41) is 0. The van der Waals surface area contributed by atoms with E-state index in [0.29, 0.717) is 0 Å². The van der Waals surface area contributed by atoms with Gasteiger partial charge in [0.15, 0.2) is 0 Å². The van der Waals surface area contributed by atoms with E-state index >= 15 is 0 Å². The fraction of sp³-hybridized carbons (Fsp3) is 0. The maximum atomic E-state index is 8.55. The van der Waals surface area contributed by atoms with E-state index in [1.54, 1.807) is 0 Å². The summed E-state index contributed by atoms with van der Waals surface area (Å²) in [4.78, 5) is 51.3. The molecule has 0 aliphatic rings. The van der Waals surface area contributed by atoms with Crippen molar-refractivity contribution in [2.24, 2.45) is 0 Å². The Kier molecular flexibility index (Phi) is 53.9. The molecule has 0 rings (SSSR count). The average Bonchev–Trinajstić information content (AvgIpc) is 1.12. The maximum absolute atomic E-state index is 8.55. The SMILES string of the molecule is O.O.O=P([O-])([O-])[O-].O=P([O-])([O-])[O-].[Cu].[Sb+3].[Sb+3]. The van der Waals surface area contributed by atoms with Crippen LogP contribution in [0.2, 0.25) is 0 Å². The molecular weight excluding hydrogens is 529 g/mol. The maximum Gasteiger partial charge on any atom is 3.00 e. The molecule has 0 amide bonds. The van der Waals surface area contributed by atoms with Crippen LogP contribution in [0.4, 0.5) is 0 Å². The summed E-state index contributed by atoms with van der Waals surface area (Å²) in [6, 6.07) is 0. The molecule has 0 heterocycles. The molecule has 0 aliphatic heterocycles. The molecule has 0 atom stereocenters. The van der Waals surface area contributed by atoms with Gasteiger partial charge in [-0.25, -0.2) is 0 Å². The monoisotopic (exact) mass is 531 g/mol. The molecule has 0 unspecified atom stereocenters. The summed E-state index contributed by atoms with van der Waals surface area (Å²) in [6.07, 6.45) is 0. The molecular formula is H4CuO10P2Sb2. The first kappa shape index (κ1) is 43.3. The molecule has 4 N–H and O–H groups in total. The van der Waals surface area contributed by atoms with E-state index in [9.17, 15) is 0 Å². The van der Waals surface area contributed by atoms with Gasteiger partial charge in [0.1, 0.15) is 0 Å². The van der Waals surface area contributed by atoms with E-state index in [1.165, 1.54) is 0 Å². The van der Waals surface area contributed by atoms with Gasteiger partial charge in [0.05, 0.1) is 0 Å². The predicted molar refractivity (Wildman–Crippen MR) is 33.9 cm³/mol. The Bertz CT molecular complexity index is 134. The van der Waals surface area contributed by atoms with E-state index < -0.39 is 15.6 Å². The van der Waals surface area contributed by atoms with Crippen LogP contribution in [0.5, 0.6) is 0 Å². The Morgan fingerprint density at radius 1 is 0.600 bits per heavy atom. The third kappa shape index (κ3) is 632. The van der Waals surface area contributed by atoms with E-state index in [0.717, 1.165) is 0 Å². The zero-order valence-electron chi connectivity index (χ0n) is 6.36. The molecule has 0 bridgehead atoms. The number of phosphoric acid groups is 2. The second-order valence-corrected chi connectivity index (χ2v) is 2.68. The molecule has 10 nitrogen and oxygen atoms in total. The molecule has 0 fully saturated rings. The fourth-order valence-corrected chi connectivity index (χ4v) is 0. The van der Waals surface area contributed by atoms with Crippen LogP contribution in [-0.2, 0) is 26.2 Å². The van der Waals surface area contributed by atoms with E-state index in [1.807, 2.05) is 0 Å².